The van der Waals surface area contributed by atoms with Gasteiger partial charge in [0.05, 0.1) is 6.20 Å². The lowest BCUT2D eigenvalue weighted by Gasteiger charge is -2.26. The predicted molar refractivity (Wildman–Crippen MR) is 74.8 cm³/mol. The van der Waals surface area contributed by atoms with Gasteiger partial charge in [-0.3, -0.25) is 4.68 Å². The van der Waals surface area contributed by atoms with Crippen molar-refractivity contribution in [1.82, 2.24) is 15.1 Å². The van der Waals surface area contributed by atoms with Crippen molar-refractivity contribution in [3.8, 4) is 0 Å². The van der Waals surface area contributed by atoms with Crippen LogP contribution >= 0.6 is 0 Å². The minimum absolute atomic E-state index is 0.356. The molecule has 4 heteroatoms. The molecule has 3 rings (SSSR count). The van der Waals surface area contributed by atoms with Gasteiger partial charge in [-0.15, -0.1) is 0 Å². The molecule has 1 heterocycles. The van der Waals surface area contributed by atoms with Gasteiger partial charge < -0.3 is 10.4 Å². The van der Waals surface area contributed by atoms with Gasteiger partial charge >= 0.3 is 0 Å². The highest BCUT2D eigenvalue weighted by molar-refractivity contribution is 5.24. The number of nitrogens with zero attached hydrogens (tertiary/aromatic N) is 2. The monoisotopic (exact) mass is 263 g/mol. The lowest BCUT2D eigenvalue weighted by atomic mass is 9.91. The summed E-state index contributed by atoms with van der Waals surface area (Å²) >= 11 is 0. The number of hydrogen-bond acceptors (Lipinski definition) is 3. The second kappa shape index (κ2) is 5.63. The highest BCUT2D eigenvalue weighted by Crippen LogP contribution is 2.33. The van der Waals surface area contributed by atoms with E-state index in [0.717, 1.165) is 13.0 Å². The smallest absolute Gasteiger partial charge is 0.0540 e. The predicted octanol–water partition coefficient (Wildman–Crippen LogP) is 1.80. The van der Waals surface area contributed by atoms with Crippen LogP contribution in [0.4, 0.5) is 0 Å². The van der Waals surface area contributed by atoms with Crippen LogP contribution in [-0.4, -0.2) is 28.0 Å². The molecule has 0 aliphatic heterocycles. The number of rotatable bonds is 4. The molecular weight excluding hydrogens is 238 g/mol. The zero-order valence-electron chi connectivity index (χ0n) is 11.8. The van der Waals surface area contributed by atoms with E-state index < -0.39 is 0 Å². The molecule has 2 aliphatic carbocycles. The summed E-state index contributed by atoms with van der Waals surface area (Å²) in [5.74, 6) is 1.18. The number of aliphatic hydroxyl groups excluding tert-OH is 1. The van der Waals surface area contributed by atoms with Crippen LogP contribution in [0.1, 0.15) is 49.4 Å². The van der Waals surface area contributed by atoms with E-state index in [9.17, 15) is 5.11 Å². The summed E-state index contributed by atoms with van der Waals surface area (Å²) in [7, 11) is 2.04. The Morgan fingerprint density at radius 3 is 3.00 bits per heavy atom. The lowest BCUT2D eigenvalue weighted by Crippen LogP contribution is -2.31. The third-order valence-electron chi connectivity index (χ3n) is 5.05. The molecule has 2 N–H and O–H groups in total. The second-order valence-corrected chi connectivity index (χ2v) is 6.16. The van der Waals surface area contributed by atoms with Crippen LogP contribution < -0.4 is 5.32 Å². The van der Waals surface area contributed by atoms with Crippen LogP contribution in [0.25, 0.3) is 0 Å². The van der Waals surface area contributed by atoms with E-state index in [4.69, 9.17) is 0 Å². The molecule has 2 aliphatic rings. The van der Waals surface area contributed by atoms with Crippen molar-refractivity contribution in [3.05, 3.63) is 17.5 Å². The average Bonchev–Trinajstić information content (AvgIpc) is 3.03. The molecule has 1 saturated carbocycles. The minimum Gasteiger partial charge on any atom is -0.396 e. The molecule has 0 amide bonds. The van der Waals surface area contributed by atoms with Crippen LogP contribution in [0.5, 0.6) is 0 Å². The van der Waals surface area contributed by atoms with Gasteiger partial charge in [0.1, 0.15) is 0 Å². The Bertz CT molecular complexity index is 429. The fourth-order valence-electron chi connectivity index (χ4n) is 3.83. The van der Waals surface area contributed by atoms with Gasteiger partial charge in [0.15, 0.2) is 0 Å². The molecule has 106 valence electrons. The van der Waals surface area contributed by atoms with Crippen molar-refractivity contribution in [3.63, 3.8) is 0 Å². The Hall–Kier alpha value is -0.870. The first-order valence-electron chi connectivity index (χ1n) is 7.64. The molecule has 1 fully saturated rings. The molecule has 0 spiro atoms. The van der Waals surface area contributed by atoms with Crippen LogP contribution in [0.15, 0.2) is 6.20 Å². The molecule has 4 nitrogen and oxygen atoms in total. The summed E-state index contributed by atoms with van der Waals surface area (Å²) in [6.07, 6.45) is 9.40. The summed E-state index contributed by atoms with van der Waals surface area (Å²) in [5, 5.41) is 17.5. The standard InChI is InChI=1S/C15H25N3O/c1-18-15-7-3-6-14(13(15)9-17-18)16-8-11-4-2-5-12(11)10-19/h9,11-12,14,16,19H,2-8,10H2,1H3. The van der Waals surface area contributed by atoms with Crippen molar-refractivity contribution in [2.45, 2.75) is 44.6 Å². The highest BCUT2D eigenvalue weighted by atomic mass is 16.3. The molecule has 3 atom stereocenters. The first kappa shape index (κ1) is 13.1. The topological polar surface area (TPSA) is 50.1 Å². The Balaban J connectivity index is 1.62. The van der Waals surface area contributed by atoms with Crippen LogP contribution in [0.2, 0.25) is 0 Å². The quantitative estimate of drug-likeness (QED) is 0.871. The van der Waals surface area contributed by atoms with Crippen LogP contribution in [0, 0.1) is 11.8 Å². The molecular formula is C15H25N3O. The van der Waals surface area contributed by atoms with E-state index >= 15 is 0 Å². The number of aryl methyl sites for hydroxylation is 1. The summed E-state index contributed by atoms with van der Waals surface area (Å²) in [5.41, 5.74) is 2.79. The number of fused-ring (bicyclic) bond motifs is 1. The molecule has 0 bridgehead atoms. The van der Waals surface area contributed by atoms with E-state index in [1.807, 2.05) is 17.9 Å². The molecule has 1 aromatic rings. The van der Waals surface area contributed by atoms with Crippen molar-refractivity contribution in [1.29, 1.82) is 0 Å². The Morgan fingerprint density at radius 2 is 2.16 bits per heavy atom. The van der Waals surface area contributed by atoms with Crippen molar-refractivity contribution < 1.29 is 5.11 Å². The number of hydrogen-bond donors (Lipinski definition) is 2. The SMILES string of the molecule is Cn1ncc2c1CCCC2NCC1CCCC1CO. The van der Waals surface area contributed by atoms with Gasteiger partial charge in [0, 0.05) is 31.0 Å². The normalized spacial score (nSPS) is 30.5. The molecule has 0 saturated heterocycles. The molecule has 1 aromatic heterocycles. The summed E-state index contributed by atoms with van der Waals surface area (Å²) < 4.78 is 2.02. The maximum atomic E-state index is 9.39. The van der Waals surface area contributed by atoms with Gasteiger partial charge in [-0.1, -0.05) is 6.42 Å². The zero-order chi connectivity index (χ0) is 13.2. The third-order valence-corrected chi connectivity index (χ3v) is 5.05. The average molecular weight is 263 g/mol. The van der Waals surface area contributed by atoms with Crippen molar-refractivity contribution >= 4 is 0 Å². The van der Waals surface area contributed by atoms with Gasteiger partial charge in [0.2, 0.25) is 0 Å². The van der Waals surface area contributed by atoms with E-state index in [-0.39, 0.29) is 0 Å². The summed E-state index contributed by atoms with van der Waals surface area (Å²) in [4.78, 5) is 0. The highest BCUT2D eigenvalue weighted by Gasteiger charge is 2.28. The molecule has 0 radical (unpaired) electrons. The lowest BCUT2D eigenvalue weighted by molar-refractivity contribution is 0.189. The van der Waals surface area contributed by atoms with Crippen LogP contribution in [-0.2, 0) is 13.5 Å². The molecule has 3 unspecified atom stereocenters. The Labute approximate surface area is 115 Å². The molecule has 0 aromatic carbocycles. The number of nitrogens with one attached hydrogen (secondary N) is 1. The Kier molecular flexibility index (Phi) is 3.89. The van der Waals surface area contributed by atoms with Crippen LogP contribution in [0.3, 0.4) is 0 Å². The van der Waals surface area contributed by atoms with Crippen molar-refractivity contribution in [2.75, 3.05) is 13.2 Å². The zero-order valence-corrected chi connectivity index (χ0v) is 11.8. The fourth-order valence-corrected chi connectivity index (χ4v) is 3.83. The van der Waals surface area contributed by atoms with E-state index in [2.05, 4.69) is 10.4 Å². The number of aliphatic hydroxyl groups is 1. The van der Waals surface area contributed by atoms with Gasteiger partial charge in [0.25, 0.3) is 0 Å². The first-order valence-corrected chi connectivity index (χ1v) is 7.64. The van der Waals surface area contributed by atoms with E-state index in [1.165, 1.54) is 43.4 Å². The largest absolute Gasteiger partial charge is 0.396 e. The van der Waals surface area contributed by atoms with E-state index in [0.29, 0.717) is 24.5 Å². The second-order valence-electron chi connectivity index (χ2n) is 6.16. The summed E-state index contributed by atoms with van der Waals surface area (Å²) in [6, 6.07) is 0.470. The van der Waals surface area contributed by atoms with Gasteiger partial charge in [-0.2, -0.15) is 5.10 Å². The van der Waals surface area contributed by atoms with E-state index in [1.54, 1.807) is 0 Å². The van der Waals surface area contributed by atoms with Gasteiger partial charge in [-0.25, -0.2) is 0 Å². The summed E-state index contributed by atoms with van der Waals surface area (Å²) in [6.45, 7) is 1.40. The first-order chi connectivity index (χ1) is 9.29. The van der Waals surface area contributed by atoms with Crippen molar-refractivity contribution in [2.24, 2.45) is 18.9 Å². The Morgan fingerprint density at radius 1 is 1.32 bits per heavy atom. The maximum absolute atomic E-state index is 9.39. The number of aromatic nitrogens is 2. The minimum atomic E-state index is 0.356. The fraction of sp³-hybridized carbons (Fsp3) is 0.800. The maximum Gasteiger partial charge on any atom is 0.0540 e. The van der Waals surface area contributed by atoms with Gasteiger partial charge in [-0.05, 0) is 50.5 Å². The molecule has 19 heavy (non-hydrogen) atoms. The third kappa shape index (κ3) is 2.56.